The van der Waals surface area contributed by atoms with Crippen LogP contribution in [0.1, 0.15) is 6.92 Å². The smallest absolute Gasteiger partial charge is 0.180 e. The topological polar surface area (TPSA) is 108 Å². The molecule has 0 saturated heterocycles. The number of aromatic nitrogens is 7. The van der Waals surface area contributed by atoms with Gasteiger partial charge in [0.2, 0.25) is 0 Å². The first-order chi connectivity index (χ1) is 12.9. The van der Waals surface area contributed by atoms with Crippen LogP contribution in [0.5, 0.6) is 0 Å². The van der Waals surface area contributed by atoms with Crippen LogP contribution in [0.3, 0.4) is 0 Å². The molecule has 4 heterocycles. The Bertz CT molecular complexity index is 1250. The first-order valence-corrected chi connectivity index (χ1v) is 10.4. The van der Waals surface area contributed by atoms with Gasteiger partial charge < -0.3 is 4.57 Å². The van der Waals surface area contributed by atoms with Gasteiger partial charge in [-0.3, -0.25) is 0 Å². The number of rotatable bonds is 4. The Kier molecular flexibility index (Phi) is 4.27. The molecule has 11 heteroatoms. The average Bonchev–Trinajstić information content (AvgIpc) is 3.29. The molecule has 0 aliphatic heterocycles. The Hall–Kier alpha value is -2.66. The predicted octanol–water partition coefficient (Wildman–Crippen LogP) is 2.17. The lowest BCUT2D eigenvalue weighted by Gasteiger charge is -2.10. The van der Waals surface area contributed by atoms with Crippen LogP contribution in [0.25, 0.3) is 28.4 Å². The van der Waals surface area contributed by atoms with E-state index >= 15 is 0 Å². The normalized spacial score (nSPS) is 12.0. The molecule has 0 saturated carbocycles. The Morgan fingerprint density at radius 1 is 1.22 bits per heavy atom. The summed E-state index contributed by atoms with van der Waals surface area (Å²) in [5.41, 5.74) is 1.71. The molecule has 0 amide bonds. The van der Waals surface area contributed by atoms with Crippen molar-refractivity contribution in [1.82, 2.24) is 34.3 Å². The van der Waals surface area contributed by atoms with Crippen LogP contribution in [0.15, 0.2) is 46.5 Å². The van der Waals surface area contributed by atoms with Crippen molar-refractivity contribution >= 4 is 36.8 Å². The maximum Gasteiger partial charge on any atom is 0.180 e. The molecule has 4 aromatic rings. The molecule has 0 atom stereocenters. The van der Waals surface area contributed by atoms with Crippen LogP contribution < -0.4 is 0 Å². The van der Waals surface area contributed by atoms with E-state index < -0.39 is 9.84 Å². The number of nitrogens with zero attached hydrogens (tertiary/aromatic N) is 7. The summed E-state index contributed by atoms with van der Waals surface area (Å²) in [4.78, 5) is 17.4. The highest BCUT2D eigenvalue weighted by atomic mass is 79.9. The van der Waals surface area contributed by atoms with Crippen LogP contribution in [-0.4, -0.2) is 48.5 Å². The van der Waals surface area contributed by atoms with Gasteiger partial charge in [0.05, 0.1) is 27.9 Å². The number of aryl methyl sites for hydroxylation is 1. The number of hydrogen-bond donors (Lipinski definition) is 0. The largest absolute Gasteiger partial charge is 0.324 e. The van der Waals surface area contributed by atoms with Gasteiger partial charge in [-0.15, -0.1) is 0 Å². The van der Waals surface area contributed by atoms with Gasteiger partial charge in [-0.25, -0.2) is 33.0 Å². The zero-order valence-corrected chi connectivity index (χ0v) is 16.8. The first kappa shape index (κ1) is 17.7. The Labute approximate surface area is 163 Å². The second-order valence-corrected chi connectivity index (χ2v) is 8.81. The summed E-state index contributed by atoms with van der Waals surface area (Å²) in [6.07, 6.45) is 4.55. The molecule has 0 aliphatic rings. The second-order valence-electron chi connectivity index (χ2n) is 5.75. The van der Waals surface area contributed by atoms with E-state index in [1.807, 2.05) is 0 Å². The molecule has 0 spiro atoms. The maximum atomic E-state index is 12.6. The number of hydrogen-bond acceptors (Lipinski definition) is 7. The third kappa shape index (κ3) is 3.02. The second kappa shape index (κ2) is 6.50. The van der Waals surface area contributed by atoms with Crippen LogP contribution in [0.2, 0.25) is 0 Å². The van der Waals surface area contributed by atoms with Crippen molar-refractivity contribution in [2.45, 2.75) is 11.8 Å². The maximum absolute atomic E-state index is 12.6. The zero-order chi connectivity index (χ0) is 19.2. The minimum atomic E-state index is -3.51. The minimum Gasteiger partial charge on any atom is -0.324 e. The highest BCUT2D eigenvalue weighted by molar-refractivity contribution is 9.10. The summed E-state index contributed by atoms with van der Waals surface area (Å²) < 4.78 is 29.2. The highest BCUT2D eigenvalue weighted by Gasteiger charge is 2.24. The van der Waals surface area contributed by atoms with Gasteiger partial charge in [-0.2, -0.15) is 5.10 Å². The van der Waals surface area contributed by atoms with Gasteiger partial charge in [0.15, 0.2) is 21.5 Å². The SMILES string of the molecule is CCS(=O)(=O)c1ccc(-n2cncn2)nc1-c1nc2cc(Br)ncc2n1C. The average molecular weight is 448 g/mol. The molecule has 0 fully saturated rings. The lowest BCUT2D eigenvalue weighted by atomic mass is 10.3. The number of imidazole rings is 1. The van der Waals surface area contributed by atoms with Gasteiger partial charge in [0, 0.05) is 7.05 Å². The van der Waals surface area contributed by atoms with Crippen molar-refractivity contribution in [1.29, 1.82) is 0 Å². The van der Waals surface area contributed by atoms with Crippen LogP contribution in [0.4, 0.5) is 0 Å². The highest BCUT2D eigenvalue weighted by Crippen LogP contribution is 2.29. The van der Waals surface area contributed by atoms with Gasteiger partial charge in [0.1, 0.15) is 23.0 Å². The van der Waals surface area contributed by atoms with E-state index in [9.17, 15) is 8.42 Å². The van der Waals surface area contributed by atoms with E-state index in [1.165, 1.54) is 23.4 Å². The van der Waals surface area contributed by atoms with Crippen LogP contribution >= 0.6 is 15.9 Å². The minimum absolute atomic E-state index is 0.0403. The Morgan fingerprint density at radius 3 is 2.74 bits per heavy atom. The van der Waals surface area contributed by atoms with Gasteiger partial charge in [-0.1, -0.05) is 6.92 Å². The van der Waals surface area contributed by atoms with E-state index in [0.29, 0.717) is 21.8 Å². The van der Waals surface area contributed by atoms with E-state index in [0.717, 1.165) is 5.52 Å². The van der Waals surface area contributed by atoms with Gasteiger partial charge in [-0.05, 0) is 34.1 Å². The molecule has 0 aromatic carbocycles. The fraction of sp³-hybridized carbons (Fsp3) is 0.188. The third-order valence-corrected chi connectivity index (χ3v) is 6.35. The van der Waals surface area contributed by atoms with Crippen molar-refractivity contribution in [2.75, 3.05) is 5.75 Å². The molecular formula is C16H14BrN7O2S. The summed E-state index contributed by atoms with van der Waals surface area (Å²) in [6, 6.07) is 4.90. The van der Waals surface area contributed by atoms with Gasteiger partial charge >= 0.3 is 0 Å². The molecule has 138 valence electrons. The van der Waals surface area contributed by atoms with Crippen LogP contribution in [0, 0.1) is 0 Å². The molecule has 0 bridgehead atoms. The fourth-order valence-corrected chi connectivity index (χ4v) is 4.07. The summed E-state index contributed by atoms with van der Waals surface area (Å²) in [7, 11) is -1.71. The number of fused-ring (bicyclic) bond motifs is 1. The van der Waals surface area contributed by atoms with E-state index in [1.54, 1.807) is 36.9 Å². The van der Waals surface area contributed by atoms with E-state index in [4.69, 9.17) is 0 Å². The molecule has 0 radical (unpaired) electrons. The molecule has 0 aliphatic carbocycles. The molecule has 4 rings (SSSR count). The number of halogens is 1. The van der Waals surface area contributed by atoms with Crippen molar-refractivity contribution in [3.05, 3.63) is 41.7 Å². The molecule has 0 unspecified atom stereocenters. The quantitative estimate of drug-likeness (QED) is 0.440. The molecule has 4 aromatic heterocycles. The molecular weight excluding hydrogens is 434 g/mol. The summed E-state index contributed by atoms with van der Waals surface area (Å²) in [5, 5.41) is 4.06. The first-order valence-electron chi connectivity index (χ1n) is 7.98. The summed E-state index contributed by atoms with van der Waals surface area (Å²) >= 11 is 3.33. The van der Waals surface area contributed by atoms with Crippen molar-refractivity contribution in [3.8, 4) is 17.3 Å². The fourth-order valence-electron chi connectivity index (χ4n) is 2.73. The predicted molar refractivity (Wildman–Crippen MR) is 102 cm³/mol. The monoisotopic (exact) mass is 447 g/mol. The molecule has 0 N–H and O–H groups in total. The zero-order valence-electron chi connectivity index (χ0n) is 14.4. The molecule has 27 heavy (non-hydrogen) atoms. The summed E-state index contributed by atoms with van der Waals surface area (Å²) in [6.45, 7) is 1.60. The van der Waals surface area contributed by atoms with Crippen molar-refractivity contribution in [2.24, 2.45) is 7.05 Å². The van der Waals surface area contributed by atoms with E-state index in [-0.39, 0.29) is 16.3 Å². The number of sulfone groups is 1. The van der Waals surface area contributed by atoms with Gasteiger partial charge in [0.25, 0.3) is 0 Å². The lowest BCUT2D eigenvalue weighted by molar-refractivity contribution is 0.597. The standard InChI is InChI=1S/C16H14BrN7O2S/c1-3-27(25,26)12-4-5-14(24-9-18-8-20-24)22-15(12)16-21-10-6-13(17)19-7-11(10)23(16)2/h4-9H,3H2,1-2H3. The Balaban J connectivity index is 2.03. The lowest BCUT2D eigenvalue weighted by Crippen LogP contribution is -2.10. The third-order valence-electron chi connectivity index (χ3n) is 4.16. The number of pyridine rings is 2. The van der Waals surface area contributed by atoms with E-state index in [2.05, 4.69) is 41.0 Å². The summed E-state index contributed by atoms with van der Waals surface area (Å²) in [5.74, 6) is 0.837. The van der Waals surface area contributed by atoms with Crippen molar-refractivity contribution < 1.29 is 8.42 Å². The van der Waals surface area contributed by atoms with Crippen LogP contribution in [-0.2, 0) is 16.9 Å². The van der Waals surface area contributed by atoms with Crippen molar-refractivity contribution in [3.63, 3.8) is 0 Å². The molecule has 9 nitrogen and oxygen atoms in total. The Morgan fingerprint density at radius 2 is 2.04 bits per heavy atom.